The summed E-state index contributed by atoms with van der Waals surface area (Å²) < 4.78 is 4.91. The van der Waals surface area contributed by atoms with Crippen LogP contribution in [-0.4, -0.2) is 49.3 Å². The number of benzene rings is 1. The molecular weight excluding hydrogens is 290 g/mol. The lowest BCUT2D eigenvalue weighted by Crippen LogP contribution is -2.51. The maximum atomic E-state index is 12.8. The van der Waals surface area contributed by atoms with Gasteiger partial charge in [0.1, 0.15) is 0 Å². The molecule has 0 aliphatic heterocycles. The minimum atomic E-state index is -0.666. The summed E-state index contributed by atoms with van der Waals surface area (Å²) in [6, 6.07) is 7.53. The van der Waals surface area contributed by atoms with Gasteiger partial charge >= 0.3 is 0 Å². The van der Waals surface area contributed by atoms with Gasteiger partial charge in [0.15, 0.2) is 0 Å². The van der Waals surface area contributed by atoms with E-state index in [1.807, 2.05) is 24.3 Å². The first-order valence-electron chi connectivity index (χ1n) is 7.18. The predicted molar refractivity (Wildman–Crippen MR) is 82.5 cm³/mol. The maximum absolute atomic E-state index is 12.8. The van der Waals surface area contributed by atoms with Gasteiger partial charge in [0.2, 0.25) is 5.91 Å². The van der Waals surface area contributed by atoms with Crippen molar-refractivity contribution >= 4 is 17.5 Å². The number of methoxy groups -OCH3 is 1. The predicted octanol–water partition coefficient (Wildman–Crippen LogP) is 2.23. The van der Waals surface area contributed by atoms with Crippen LogP contribution in [0.1, 0.15) is 24.8 Å². The first-order chi connectivity index (χ1) is 9.99. The molecule has 116 valence electrons. The van der Waals surface area contributed by atoms with Crippen molar-refractivity contribution < 1.29 is 14.6 Å². The van der Waals surface area contributed by atoms with Crippen LogP contribution in [0, 0.1) is 0 Å². The summed E-state index contributed by atoms with van der Waals surface area (Å²) in [6.45, 7) is 0.497. The molecule has 1 N–H and O–H groups in total. The molecule has 0 bridgehead atoms. The molecule has 0 saturated heterocycles. The Morgan fingerprint density at radius 3 is 2.76 bits per heavy atom. The zero-order valence-corrected chi connectivity index (χ0v) is 13.3. The first kappa shape index (κ1) is 16.3. The summed E-state index contributed by atoms with van der Waals surface area (Å²) in [4.78, 5) is 14.4. The van der Waals surface area contributed by atoms with Gasteiger partial charge in [0.05, 0.1) is 18.1 Å². The number of amides is 1. The number of ether oxygens (including phenoxy) is 1. The van der Waals surface area contributed by atoms with Gasteiger partial charge in [-0.1, -0.05) is 30.2 Å². The topological polar surface area (TPSA) is 49.8 Å². The highest BCUT2D eigenvalue weighted by Gasteiger charge is 2.47. The molecule has 1 unspecified atom stereocenters. The largest absolute Gasteiger partial charge is 0.389 e. The summed E-state index contributed by atoms with van der Waals surface area (Å²) in [7, 11) is 3.26. The minimum Gasteiger partial charge on any atom is -0.389 e. The van der Waals surface area contributed by atoms with E-state index >= 15 is 0 Å². The molecule has 1 saturated carbocycles. The zero-order chi connectivity index (χ0) is 15.5. The minimum absolute atomic E-state index is 0.0474. The molecule has 5 heteroatoms. The molecule has 2 rings (SSSR count). The van der Waals surface area contributed by atoms with Crippen molar-refractivity contribution in [3.8, 4) is 0 Å². The Bertz CT molecular complexity index is 502. The highest BCUT2D eigenvalue weighted by atomic mass is 35.5. The van der Waals surface area contributed by atoms with Crippen LogP contribution in [0.15, 0.2) is 24.3 Å². The Morgan fingerprint density at radius 2 is 2.24 bits per heavy atom. The molecule has 1 aliphatic carbocycles. The van der Waals surface area contributed by atoms with Crippen LogP contribution in [0.4, 0.5) is 0 Å². The van der Waals surface area contributed by atoms with Crippen LogP contribution >= 0.6 is 11.6 Å². The molecule has 4 nitrogen and oxygen atoms in total. The second-order valence-electron chi connectivity index (χ2n) is 5.74. The van der Waals surface area contributed by atoms with Crippen LogP contribution in [0.3, 0.4) is 0 Å². The van der Waals surface area contributed by atoms with Gasteiger partial charge in [-0.3, -0.25) is 4.79 Å². The molecule has 1 amide bonds. The van der Waals surface area contributed by atoms with E-state index in [4.69, 9.17) is 16.3 Å². The van der Waals surface area contributed by atoms with E-state index in [0.29, 0.717) is 5.02 Å². The number of carbonyl (C=O) groups is 1. The van der Waals surface area contributed by atoms with Crippen molar-refractivity contribution in [2.75, 3.05) is 27.3 Å². The lowest BCUT2D eigenvalue weighted by molar-refractivity contribution is -0.141. The highest BCUT2D eigenvalue weighted by molar-refractivity contribution is 6.30. The fraction of sp³-hybridized carbons (Fsp3) is 0.562. The number of nitrogens with zero attached hydrogens (tertiary/aromatic N) is 1. The average molecular weight is 312 g/mol. The molecule has 0 spiro atoms. The lowest BCUT2D eigenvalue weighted by Gasteiger charge is -2.43. The van der Waals surface area contributed by atoms with E-state index in [1.165, 1.54) is 7.11 Å². The summed E-state index contributed by atoms with van der Waals surface area (Å²) in [5, 5.41) is 10.4. The third kappa shape index (κ3) is 3.39. The molecule has 21 heavy (non-hydrogen) atoms. The van der Waals surface area contributed by atoms with Crippen LogP contribution in [0.5, 0.6) is 0 Å². The van der Waals surface area contributed by atoms with Gasteiger partial charge in [-0.15, -0.1) is 0 Å². The Labute approximate surface area is 130 Å². The third-order valence-corrected chi connectivity index (χ3v) is 4.42. The smallest absolute Gasteiger partial charge is 0.233 e. The van der Waals surface area contributed by atoms with Crippen molar-refractivity contribution in [3.05, 3.63) is 34.9 Å². The summed E-state index contributed by atoms with van der Waals surface area (Å²) in [5.41, 5.74) is 0.492. The summed E-state index contributed by atoms with van der Waals surface area (Å²) in [5.74, 6) is 0.0474. The van der Waals surface area contributed by atoms with Gasteiger partial charge in [0, 0.05) is 25.7 Å². The maximum Gasteiger partial charge on any atom is 0.233 e. The number of carbonyl (C=O) groups excluding carboxylic acids is 1. The lowest BCUT2D eigenvalue weighted by atomic mass is 9.63. The Balaban J connectivity index is 2.15. The fourth-order valence-electron chi connectivity index (χ4n) is 2.95. The van der Waals surface area contributed by atoms with Gasteiger partial charge in [0.25, 0.3) is 0 Å². The Morgan fingerprint density at radius 1 is 1.52 bits per heavy atom. The van der Waals surface area contributed by atoms with E-state index in [0.717, 1.165) is 24.8 Å². The number of hydrogen-bond acceptors (Lipinski definition) is 3. The number of likely N-dealkylation sites (N-methyl/N-ethyl adjacent to an activating group) is 1. The fourth-order valence-corrected chi connectivity index (χ4v) is 3.14. The second kappa shape index (κ2) is 6.77. The van der Waals surface area contributed by atoms with Crippen molar-refractivity contribution in [2.45, 2.75) is 30.8 Å². The molecule has 0 radical (unpaired) electrons. The van der Waals surface area contributed by atoms with E-state index in [-0.39, 0.29) is 19.1 Å². The zero-order valence-electron chi connectivity index (χ0n) is 12.5. The van der Waals surface area contributed by atoms with Gasteiger partial charge in [-0.25, -0.2) is 0 Å². The molecular formula is C16H22ClNO3. The van der Waals surface area contributed by atoms with E-state index < -0.39 is 11.5 Å². The Hall–Kier alpha value is -1.10. The number of aliphatic hydroxyl groups is 1. The monoisotopic (exact) mass is 311 g/mol. The second-order valence-corrected chi connectivity index (χ2v) is 6.18. The molecule has 1 aromatic rings. The van der Waals surface area contributed by atoms with Crippen molar-refractivity contribution in [2.24, 2.45) is 0 Å². The van der Waals surface area contributed by atoms with E-state index in [2.05, 4.69) is 0 Å². The standard InChI is InChI=1S/C16H22ClNO3/c1-18(10-14(19)11-21-2)15(20)16(7-4-8-16)12-5-3-6-13(17)9-12/h3,5-6,9,14,19H,4,7-8,10-11H2,1-2H3. The van der Waals surface area contributed by atoms with Crippen molar-refractivity contribution in [1.82, 2.24) is 4.90 Å². The molecule has 1 atom stereocenters. The Kier molecular flexibility index (Phi) is 5.25. The number of rotatable bonds is 6. The van der Waals surface area contributed by atoms with Gasteiger partial charge in [-0.2, -0.15) is 0 Å². The number of aliphatic hydroxyl groups excluding tert-OH is 1. The molecule has 1 aromatic carbocycles. The van der Waals surface area contributed by atoms with Gasteiger partial charge < -0.3 is 14.7 Å². The highest BCUT2D eigenvalue weighted by Crippen LogP contribution is 2.45. The molecule has 0 aromatic heterocycles. The quantitative estimate of drug-likeness (QED) is 0.876. The first-order valence-corrected chi connectivity index (χ1v) is 7.56. The SMILES string of the molecule is COCC(O)CN(C)C(=O)C1(c2cccc(Cl)c2)CCC1. The van der Waals surface area contributed by atoms with Gasteiger partial charge in [-0.05, 0) is 30.5 Å². The molecule has 1 fully saturated rings. The van der Waals surface area contributed by atoms with Crippen molar-refractivity contribution in [3.63, 3.8) is 0 Å². The van der Waals surface area contributed by atoms with Crippen LogP contribution in [0.2, 0.25) is 5.02 Å². The molecule has 0 heterocycles. The van der Waals surface area contributed by atoms with Crippen LogP contribution in [0.25, 0.3) is 0 Å². The summed E-state index contributed by atoms with van der Waals surface area (Å²) >= 11 is 6.06. The summed E-state index contributed by atoms with van der Waals surface area (Å²) in [6.07, 6.45) is 2.03. The number of hydrogen-bond donors (Lipinski definition) is 1. The van der Waals surface area contributed by atoms with E-state index in [1.54, 1.807) is 11.9 Å². The third-order valence-electron chi connectivity index (χ3n) is 4.18. The van der Waals surface area contributed by atoms with E-state index in [9.17, 15) is 9.90 Å². The molecule has 1 aliphatic rings. The van der Waals surface area contributed by atoms with Crippen molar-refractivity contribution in [1.29, 1.82) is 0 Å². The average Bonchev–Trinajstić information content (AvgIpc) is 2.37. The van der Waals surface area contributed by atoms with Crippen LogP contribution in [-0.2, 0) is 14.9 Å². The normalized spacial score (nSPS) is 17.9. The van der Waals surface area contributed by atoms with Crippen LogP contribution < -0.4 is 0 Å². The number of halogens is 1.